The van der Waals surface area contributed by atoms with Gasteiger partial charge in [-0.25, -0.2) is 0 Å². The highest BCUT2D eigenvalue weighted by Gasteiger charge is 2.66. The van der Waals surface area contributed by atoms with E-state index in [2.05, 4.69) is 37.5 Å². The van der Waals surface area contributed by atoms with Crippen molar-refractivity contribution in [3.63, 3.8) is 0 Å². The lowest BCUT2D eigenvalue weighted by molar-refractivity contribution is -0.147. The van der Waals surface area contributed by atoms with Crippen LogP contribution in [-0.2, 0) is 9.53 Å². The molecule has 3 aliphatic heterocycles. The molecule has 4 nitrogen and oxygen atoms in total. The third-order valence-corrected chi connectivity index (χ3v) is 13.8. The van der Waals surface area contributed by atoms with E-state index >= 15 is 0 Å². The summed E-state index contributed by atoms with van der Waals surface area (Å²) in [7, 11) is 0. The predicted molar refractivity (Wildman–Crippen MR) is 191 cm³/mol. The zero-order chi connectivity index (χ0) is 32.1. The average molecular weight is 635 g/mol. The van der Waals surface area contributed by atoms with Crippen molar-refractivity contribution < 1.29 is 9.53 Å². The maximum atomic E-state index is 14.1. The minimum Gasteiger partial charge on any atom is -0.449 e. The molecular formula is C42H70N2O2. The van der Waals surface area contributed by atoms with Crippen LogP contribution in [0.2, 0.25) is 0 Å². The summed E-state index contributed by atoms with van der Waals surface area (Å²) in [5.74, 6) is 1.68. The van der Waals surface area contributed by atoms with Gasteiger partial charge in [-0.1, -0.05) is 117 Å². The van der Waals surface area contributed by atoms with E-state index in [1.165, 1.54) is 166 Å². The smallest absolute Gasteiger partial charge is 0.310 e. The summed E-state index contributed by atoms with van der Waals surface area (Å²) in [6.07, 6.45) is 31.4. The van der Waals surface area contributed by atoms with Gasteiger partial charge in [0.1, 0.15) is 0 Å². The molecule has 6 atom stereocenters. The number of carbonyl (C=O) groups is 1. The molecule has 6 aliphatic rings. The highest BCUT2D eigenvalue weighted by atomic mass is 16.6. The summed E-state index contributed by atoms with van der Waals surface area (Å²) < 4.78 is 7.23. The number of cyclic esters (lactones) is 1. The number of esters is 1. The second kappa shape index (κ2) is 15.8. The molecule has 0 aromatic heterocycles. The van der Waals surface area contributed by atoms with Gasteiger partial charge in [-0.05, 0) is 65.2 Å². The number of allylic oxidation sites excluding steroid dienone is 2. The molecule has 0 spiro atoms. The van der Waals surface area contributed by atoms with Crippen molar-refractivity contribution in [2.45, 2.75) is 199 Å². The zero-order valence-corrected chi connectivity index (χ0v) is 30.6. The molecule has 1 saturated heterocycles. The number of rotatable bonds is 16. The summed E-state index contributed by atoms with van der Waals surface area (Å²) in [5.41, 5.74) is 5.75. The number of nitrogens with zero attached hydrogens (tertiary/aromatic N) is 2. The van der Waals surface area contributed by atoms with E-state index in [-0.39, 0.29) is 11.9 Å². The van der Waals surface area contributed by atoms with Crippen molar-refractivity contribution in [1.82, 2.24) is 9.80 Å². The van der Waals surface area contributed by atoms with Crippen LogP contribution in [0.5, 0.6) is 0 Å². The lowest BCUT2D eigenvalue weighted by Crippen LogP contribution is -2.48. The Bertz CT molecular complexity index is 1030. The normalized spacial score (nSPS) is 34.3. The highest BCUT2D eigenvalue weighted by molar-refractivity contribution is 5.79. The molecule has 4 heteroatoms. The van der Waals surface area contributed by atoms with Crippen molar-refractivity contribution >= 4 is 5.97 Å². The maximum Gasteiger partial charge on any atom is 0.310 e. The van der Waals surface area contributed by atoms with E-state index in [4.69, 9.17) is 4.74 Å². The fourth-order valence-corrected chi connectivity index (χ4v) is 11.7. The number of ether oxygens (including phenoxy) is 1. The third kappa shape index (κ3) is 6.47. The number of unbranched alkanes of at least 4 members (excludes halogenated alkanes) is 10. The molecule has 260 valence electrons. The van der Waals surface area contributed by atoms with Gasteiger partial charge in [-0.3, -0.25) is 4.79 Å². The van der Waals surface area contributed by atoms with E-state index in [1.807, 2.05) is 0 Å². The quantitative estimate of drug-likeness (QED) is 0.125. The molecule has 3 saturated carbocycles. The van der Waals surface area contributed by atoms with Gasteiger partial charge in [-0.2, -0.15) is 0 Å². The standard InChI is InChI=1S/C42H70N2O2/c1-5-7-9-11-13-21-29-43-31(3)39(34-24-16-19-27-37(34)43)42(36-26-18-15-23-33(36)41(45)46-42)40-32(4)44(30-22-14-12-10-8-6-2)38-28-20-17-25-35(38)40/h33-38H,5-30H2,1-4H3. The SMILES string of the molecule is CCCCCCCCN1C(C)=C(C2(C3=C(C)N(CCCCCCCC)C4CCCCC34)OC(=O)C3CCCCC32)C2CCCCC21. The van der Waals surface area contributed by atoms with Crippen LogP contribution in [0.3, 0.4) is 0 Å². The van der Waals surface area contributed by atoms with E-state index in [0.29, 0.717) is 29.8 Å². The van der Waals surface area contributed by atoms with Crippen molar-refractivity contribution in [3.8, 4) is 0 Å². The molecule has 0 amide bonds. The summed E-state index contributed by atoms with van der Waals surface area (Å²) in [6.45, 7) is 11.9. The first kappa shape index (κ1) is 34.4. The van der Waals surface area contributed by atoms with Gasteiger partial charge in [0, 0.05) is 65.5 Å². The Labute approximate surface area is 283 Å². The Kier molecular flexibility index (Phi) is 11.9. The molecule has 0 aromatic rings. The van der Waals surface area contributed by atoms with Gasteiger partial charge in [0.2, 0.25) is 0 Å². The van der Waals surface area contributed by atoms with Crippen LogP contribution < -0.4 is 0 Å². The van der Waals surface area contributed by atoms with Gasteiger partial charge in [0.05, 0.1) is 5.92 Å². The number of fused-ring (bicyclic) bond motifs is 3. The van der Waals surface area contributed by atoms with Gasteiger partial charge in [0.25, 0.3) is 0 Å². The Balaban J connectivity index is 1.37. The first-order chi connectivity index (χ1) is 22.5. The Morgan fingerprint density at radius 3 is 1.48 bits per heavy atom. The lowest BCUT2D eigenvalue weighted by Gasteiger charge is -2.45. The molecule has 0 bridgehead atoms. The van der Waals surface area contributed by atoms with Crippen molar-refractivity contribution in [2.24, 2.45) is 23.7 Å². The van der Waals surface area contributed by atoms with Crippen LogP contribution in [0, 0.1) is 23.7 Å². The summed E-state index contributed by atoms with van der Waals surface area (Å²) in [5, 5.41) is 0. The van der Waals surface area contributed by atoms with Crippen LogP contribution in [0.1, 0.15) is 182 Å². The second-order valence-corrected chi connectivity index (χ2v) is 16.5. The molecule has 3 heterocycles. The minimum absolute atomic E-state index is 0.0960. The Morgan fingerprint density at radius 1 is 0.565 bits per heavy atom. The first-order valence-electron chi connectivity index (χ1n) is 20.7. The van der Waals surface area contributed by atoms with E-state index in [0.717, 1.165) is 12.8 Å². The second-order valence-electron chi connectivity index (χ2n) is 16.5. The van der Waals surface area contributed by atoms with Gasteiger partial charge in [-0.15, -0.1) is 0 Å². The largest absolute Gasteiger partial charge is 0.449 e. The van der Waals surface area contributed by atoms with Crippen LogP contribution >= 0.6 is 0 Å². The monoisotopic (exact) mass is 635 g/mol. The van der Waals surface area contributed by atoms with Crippen LogP contribution in [0.4, 0.5) is 0 Å². The zero-order valence-electron chi connectivity index (χ0n) is 30.6. The fourth-order valence-electron chi connectivity index (χ4n) is 11.7. The maximum absolute atomic E-state index is 14.1. The Hall–Kier alpha value is -1.45. The summed E-state index contributed by atoms with van der Waals surface area (Å²) in [4.78, 5) is 19.9. The fraction of sp³-hybridized carbons (Fsp3) is 0.881. The van der Waals surface area contributed by atoms with Crippen molar-refractivity contribution in [2.75, 3.05) is 13.1 Å². The molecule has 6 rings (SSSR count). The molecule has 0 radical (unpaired) electrons. The number of carbonyl (C=O) groups excluding carboxylic acids is 1. The van der Waals surface area contributed by atoms with E-state index in [1.54, 1.807) is 11.1 Å². The lowest BCUT2D eigenvalue weighted by atomic mass is 9.60. The Morgan fingerprint density at radius 2 is 0.978 bits per heavy atom. The predicted octanol–water partition coefficient (Wildman–Crippen LogP) is 11.1. The molecular weight excluding hydrogens is 564 g/mol. The molecule has 0 N–H and O–H groups in total. The van der Waals surface area contributed by atoms with E-state index < -0.39 is 5.60 Å². The van der Waals surface area contributed by atoms with Gasteiger partial charge < -0.3 is 14.5 Å². The van der Waals surface area contributed by atoms with Crippen LogP contribution in [-0.4, -0.2) is 46.5 Å². The molecule has 46 heavy (non-hydrogen) atoms. The van der Waals surface area contributed by atoms with Crippen molar-refractivity contribution in [3.05, 3.63) is 22.5 Å². The topological polar surface area (TPSA) is 32.8 Å². The van der Waals surface area contributed by atoms with Gasteiger partial charge in [0.15, 0.2) is 5.60 Å². The van der Waals surface area contributed by atoms with Crippen LogP contribution in [0.15, 0.2) is 22.5 Å². The average Bonchev–Trinajstić information content (AvgIpc) is 3.64. The van der Waals surface area contributed by atoms with E-state index in [9.17, 15) is 4.79 Å². The third-order valence-electron chi connectivity index (χ3n) is 13.8. The number of hydrogen-bond acceptors (Lipinski definition) is 4. The molecule has 6 unspecified atom stereocenters. The number of hydrogen-bond donors (Lipinski definition) is 0. The summed E-state index contributed by atoms with van der Waals surface area (Å²) in [6, 6.07) is 1.22. The molecule has 3 aliphatic carbocycles. The molecule has 0 aromatic carbocycles. The van der Waals surface area contributed by atoms with Gasteiger partial charge >= 0.3 is 5.97 Å². The minimum atomic E-state index is -0.497. The van der Waals surface area contributed by atoms with Crippen molar-refractivity contribution in [1.29, 1.82) is 0 Å². The van der Waals surface area contributed by atoms with Crippen LogP contribution in [0.25, 0.3) is 0 Å². The molecule has 4 fully saturated rings. The first-order valence-corrected chi connectivity index (χ1v) is 20.7. The summed E-state index contributed by atoms with van der Waals surface area (Å²) >= 11 is 0. The highest BCUT2D eigenvalue weighted by Crippen LogP contribution is 2.63.